The molecule has 2 unspecified atom stereocenters. The Kier molecular flexibility index (Phi) is 3.17. The second-order valence-corrected chi connectivity index (χ2v) is 3.29. The molecule has 0 saturated carbocycles. The van der Waals surface area contributed by atoms with E-state index in [4.69, 9.17) is 5.11 Å². The lowest BCUT2D eigenvalue weighted by atomic mass is 10.1. The summed E-state index contributed by atoms with van der Waals surface area (Å²) in [4.78, 5) is 0. The van der Waals surface area contributed by atoms with Crippen molar-refractivity contribution in [3.63, 3.8) is 0 Å². The minimum absolute atomic E-state index is 0.530. The average Bonchev–Trinajstić information content (AvgIpc) is 2.34. The van der Waals surface area contributed by atoms with Gasteiger partial charge in [-0.15, -0.1) is 0 Å². The molecule has 0 amide bonds. The number of halogens is 5. The lowest BCUT2D eigenvalue weighted by Gasteiger charge is -2.29. The van der Waals surface area contributed by atoms with Gasteiger partial charge < -0.3 is 14.6 Å². The first kappa shape index (κ1) is 13.2. The summed E-state index contributed by atoms with van der Waals surface area (Å²) in [6, 6.07) is 0. The highest BCUT2D eigenvalue weighted by molar-refractivity contribution is 4.99. The van der Waals surface area contributed by atoms with Gasteiger partial charge in [-0.3, -0.25) is 0 Å². The SMILES string of the molecule is C=COCC1CC(F)(F)C(O)(C(F)(F)F)O1. The normalized spacial score (nSPS) is 33.8. The summed E-state index contributed by atoms with van der Waals surface area (Å²) in [5.41, 5.74) is 0. The Bertz CT molecular complexity index is 277. The Labute approximate surface area is 87.4 Å². The molecule has 0 aliphatic carbocycles. The van der Waals surface area contributed by atoms with Crippen LogP contribution in [0.3, 0.4) is 0 Å². The van der Waals surface area contributed by atoms with Crippen molar-refractivity contribution in [3.8, 4) is 0 Å². The van der Waals surface area contributed by atoms with Crippen molar-refractivity contribution in [1.29, 1.82) is 0 Å². The van der Waals surface area contributed by atoms with E-state index < -0.39 is 37.0 Å². The number of hydrogen-bond acceptors (Lipinski definition) is 3. The third-order valence-corrected chi connectivity index (χ3v) is 2.10. The molecule has 1 fully saturated rings. The fraction of sp³-hybridized carbons (Fsp3) is 0.750. The van der Waals surface area contributed by atoms with Gasteiger partial charge in [0, 0.05) is 6.42 Å². The number of aliphatic hydroxyl groups is 1. The molecule has 1 saturated heterocycles. The van der Waals surface area contributed by atoms with E-state index in [9.17, 15) is 22.0 Å². The Morgan fingerprint density at radius 3 is 2.44 bits per heavy atom. The summed E-state index contributed by atoms with van der Waals surface area (Å²) in [6.45, 7) is 2.56. The molecule has 1 aliphatic heterocycles. The maximum Gasteiger partial charge on any atom is 0.449 e. The van der Waals surface area contributed by atoms with E-state index in [1.165, 1.54) is 0 Å². The first-order valence-corrected chi connectivity index (χ1v) is 4.21. The maximum absolute atomic E-state index is 13.0. The van der Waals surface area contributed by atoms with Crippen LogP contribution in [0.15, 0.2) is 12.8 Å². The van der Waals surface area contributed by atoms with Crippen LogP contribution in [-0.2, 0) is 9.47 Å². The summed E-state index contributed by atoms with van der Waals surface area (Å²) in [7, 11) is 0. The van der Waals surface area contributed by atoms with E-state index in [-0.39, 0.29) is 0 Å². The van der Waals surface area contributed by atoms with Crippen molar-refractivity contribution >= 4 is 0 Å². The number of alkyl halides is 5. The average molecular weight is 248 g/mol. The fourth-order valence-electron chi connectivity index (χ4n) is 1.34. The quantitative estimate of drug-likeness (QED) is 0.611. The van der Waals surface area contributed by atoms with Crippen LogP contribution in [-0.4, -0.2) is 35.7 Å². The first-order chi connectivity index (χ1) is 7.14. The highest BCUT2D eigenvalue weighted by Gasteiger charge is 2.75. The number of rotatable bonds is 3. The van der Waals surface area contributed by atoms with Gasteiger partial charge in [0.25, 0.3) is 0 Å². The van der Waals surface area contributed by atoms with Crippen LogP contribution in [0, 0.1) is 0 Å². The molecular weight excluding hydrogens is 239 g/mol. The van der Waals surface area contributed by atoms with Crippen molar-refractivity contribution in [2.45, 2.75) is 30.4 Å². The molecule has 16 heavy (non-hydrogen) atoms. The Morgan fingerprint density at radius 1 is 1.50 bits per heavy atom. The van der Waals surface area contributed by atoms with Gasteiger partial charge >= 0.3 is 17.9 Å². The van der Waals surface area contributed by atoms with Gasteiger partial charge in [0.1, 0.15) is 12.7 Å². The zero-order valence-electron chi connectivity index (χ0n) is 7.93. The summed E-state index contributed by atoms with van der Waals surface area (Å²) in [5, 5.41) is 8.85. The maximum atomic E-state index is 13.0. The molecule has 0 aromatic rings. The Hall–Kier alpha value is -0.890. The molecule has 8 heteroatoms. The van der Waals surface area contributed by atoms with Crippen LogP contribution in [0.2, 0.25) is 0 Å². The van der Waals surface area contributed by atoms with Crippen LogP contribution in [0.1, 0.15) is 6.42 Å². The Balaban J connectivity index is 2.84. The van der Waals surface area contributed by atoms with E-state index in [2.05, 4.69) is 16.1 Å². The molecule has 94 valence electrons. The molecule has 3 nitrogen and oxygen atoms in total. The summed E-state index contributed by atoms with van der Waals surface area (Å²) >= 11 is 0. The van der Waals surface area contributed by atoms with Gasteiger partial charge in [0.15, 0.2) is 0 Å². The summed E-state index contributed by atoms with van der Waals surface area (Å²) in [6.07, 6.45) is -7.50. The smallest absolute Gasteiger partial charge is 0.449 e. The van der Waals surface area contributed by atoms with Crippen LogP contribution in [0.4, 0.5) is 22.0 Å². The predicted octanol–water partition coefficient (Wildman–Crippen LogP) is 1.82. The molecule has 0 aromatic carbocycles. The molecule has 0 aromatic heterocycles. The zero-order valence-corrected chi connectivity index (χ0v) is 7.93. The van der Waals surface area contributed by atoms with E-state index in [1.54, 1.807) is 0 Å². The monoisotopic (exact) mass is 248 g/mol. The highest BCUT2D eigenvalue weighted by atomic mass is 19.4. The lowest BCUT2D eigenvalue weighted by molar-refractivity contribution is -0.407. The van der Waals surface area contributed by atoms with Crippen molar-refractivity contribution in [1.82, 2.24) is 0 Å². The predicted molar refractivity (Wildman–Crippen MR) is 41.6 cm³/mol. The zero-order chi connectivity index (χ0) is 12.6. The minimum Gasteiger partial charge on any atom is -0.499 e. The van der Waals surface area contributed by atoms with Crippen LogP contribution in [0.5, 0.6) is 0 Å². The standard InChI is InChI=1S/C8H9F5O3/c1-2-15-4-5-3-6(9,10)7(14,16-5)8(11,12)13/h2,5,14H,1,3-4H2. The van der Waals surface area contributed by atoms with Gasteiger partial charge in [0.2, 0.25) is 0 Å². The van der Waals surface area contributed by atoms with E-state index >= 15 is 0 Å². The van der Waals surface area contributed by atoms with Gasteiger partial charge in [-0.25, -0.2) is 8.78 Å². The van der Waals surface area contributed by atoms with E-state index in [1.807, 2.05) is 0 Å². The molecule has 0 spiro atoms. The van der Waals surface area contributed by atoms with Crippen molar-refractivity contribution in [3.05, 3.63) is 12.8 Å². The van der Waals surface area contributed by atoms with Crippen LogP contribution < -0.4 is 0 Å². The van der Waals surface area contributed by atoms with Crippen molar-refractivity contribution in [2.75, 3.05) is 6.61 Å². The highest BCUT2D eigenvalue weighted by Crippen LogP contribution is 2.50. The molecule has 2 atom stereocenters. The van der Waals surface area contributed by atoms with Crippen LogP contribution >= 0.6 is 0 Å². The van der Waals surface area contributed by atoms with Gasteiger partial charge in [0.05, 0.1) is 6.26 Å². The first-order valence-electron chi connectivity index (χ1n) is 4.21. The van der Waals surface area contributed by atoms with Gasteiger partial charge in [-0.05, 0) is 0 Å². The molecule has 1 N–H and O–H groups in total. The second kappa shape index (κ2) is 3.85. The van der Waals surface area contributed by atoms with E-state index in [0.29, 0.717) is 0 Å². The number of ether oxygens (including phenoxy) is 2. The van der Waals surface area contributed by atoms with Gasteiger partial charge in [-0.1, -0.05) is 6.58 Å². The number of hydrogen-bond donors (Lipinski definition) is 1. The molecular formula is C8H9F5O3. The lowest BCUT2D eigenvalue weighted by Crippen LogP contribution is -2.56. The minimum atomic E-state index is -5.57. The third-order valence-electron chi connectivity index (χ3n) is 2.10. The molecule has 0 bridgehead atoms. The van der Waals surface area contributed by atoms with Gasteiger partial charge in [-0.2, -0.15) is 13.2 Å². The fourth-order valence-corrected chi connectivity index (χ4v) is 1.34. The third kappa shape index (κ3) is 1.99. The summed E-state index contributed by atoms with van der Waals surface area (Å²) in [5.74, 6) is -8.85. The topological polar surface area (TPSA) is 38.7 Å². The molecule has 1 heterocycles. The summed E-state index contributed by atoms with van der Waals surface area (Å²) < 4.78 is 71.0. The van der Waals surface area contributed by atoms with E-state index in [0.717, 1.165) is 6.26 Å². The molecule has 0 radical (unpaired) electrons. The van der Waals surface area contributed by atoms with Crippen LogP contribution in [0.25, 0.3) is 0 Å². The molecule has 1 rings (SSSR count). The molecule has 1 aliphatic rings. The second-order valence-electron chi connectivity index (χ2n) is 3.29. The largest absolute Gasteiger partial charge is 0.499 e. The van der Waals surface area contributed by atoms with Crippen molar-refractivity contribution < 1.29 is 36.5 Å². The van der Waals surface area contributed by atoms with Crippen molar-refractivity contribution in [2.24, 2.45) is 0 Å². The Morgan fingerprint density at radius 2 is 2.06 bits per heavy atom.